The molecule has 0 saturated heterocycles. The van der Waals surface area contributed by atoms with Crippen molar-refractivity contribution in [1.82, 2.24) is 15.0 Å². The lowest BCUT2D eigenvalue weighted by Gasteiger charge is -2.20. The molecular weight excluding hydrogens is 526 g/mol. The lowest BCUT2D eigenvalue weighted by molar-refractivity contribution is -0.145. The number of aromatic nitrogens is 3. The second-order valence-electron chi connectivity index (χ2n) is 11.0. The minimum absolute atomic E-state index is 0.0166. The summed E-state index contributed by atoms with van der Waals surface area (Å²) in [6, 6.07) is 10.5. The molecule has 0 radical (unpaired) electrons. The van der Waals surface area contributed by atoms with Gasteiger partial charge in [0.2, 0.25) is 0 Å². The Kier molecular flexibility index (Phi) is 8.69. The van der Waals surface area contributed by atoms with E-state index in [4.69, 9.17) is 26.1 Å². The third kappa shape index (κ3) is 6.47. The number of aromatic amines is 1. The van der Waals surface area contributed by atoms with Gasteiger partial charge in [0.1, 0.15) is 11.9 Å². The highest BCUT2D eigenvalue weighted by atomic mass is 35.5. The number of hydrogen-bond donors (Lipinski definition) is 1. The lowest BCUT2D eigenvalue weighted by atomic mass is 9.86. The molecule has 0 saturated carbocycles. The number of H-pyrrole nitrogens is 1. The van der Waals surface area contributed by atoms with E-state index in [2.05, 4.69) is 34.3 Å². The first-order valence-electron chi connectivity index (χ1n) is 14.1. The number of pyridine rings is 1. The Morgan fingerprint density at radius 1 is 1.05 bits per heavy atom. The molecule has 5 rings (SSSR count). The fourth-order valence-corrected chi connectivity index (χ4v) is 5.66. The number of nitrogens with one attached hydrogen (secondary N) is 1. The van der Waals surface area contributed by atoms with Crippen molar-refractivity contribution in [3.05, 3.63) is 58.6 Å². The second-order valence-corrected chi connectivity index (χ2v) is 11.5. The highest BCUT2D eigenvalue weighted by Crippen LogP contribution is 2.34. The van der Waals surface area contributed by atoms with Gasteiger partial charge in [0.15, 0.2) is 5.65 Å². The van der Waals surface area contributed by atoms with E-state index in [-0.39, 0.29) is 29.7 Å². The zero-order chi connectivity index (χ0) is 28.2. The van der Waals surface area contributed by atoms with E-state index >= 15 is 0 Å². The number of halogens is 1. The first-order valence-corrected chi connectivity index (χ1v) is 14.5. The number of ketones is 1. The van der Waals surface area contributed by atoms with Gasteiger partial charge in [-0.15, -0.1) is 0 Å². The van der Waals surface area contributed by atoms with Gasteiger partial charge >= 0.3 is 5.97 Å². The summed E-state index contributed by atoms with van der Waals surface area (Å²) in [6.07, 6.45) is 10.7. The lowest BCUT2D eigenvalue weighted by Crippen LogP contribution is -2.18. The number of nitrogens with zero attached hydrogens (tertiary/aromatic N) is 2. The van der Waals surface area contributed by atoms with E-state index < -0.39 is 0 Å². The van der Waals surface area contributed by atoms with Crippen LogP contribution in [0.5, 0.6) is 6.01 Å². The number of imidazole rings is 1. The van der Waals surface area contributed by atoms with Crippen molar-refractivity contribution in [1.29, 1.82) is 0 Å². The Morgan fingerprint density at radius 2 is 1.82 bits per heavy atom. The van der Waals surface area contributed by atoms with Crippen molar-refractivity contribution in [3.8, 4) is 17.3 Å². The van der Waals surface area contributed by atoms with Gasteiger partial charge in [-0.3, -0.25) is 9.59 Å². The maximum Gasteiger partial charge on any atom is 0.308 e. The van der Waals surface area contributed by atoms with Crippen molar-refractivity contribution in [3.63, 3.8) is 0 Å². The van der Waals surface area contributed by atoms with Crippen LogP contribution >= 0.6 is 11.6 Å². The van der Waals surface area contributed by atoms with Crippen molar-refractivity contribution in [2.24, 2.45) is 11.8 Å². The molecule has 40 heavy (non-hydrogen) atoms. The number of rotatable bonds is 8. The molecule has 0 amide bonds. The number of Topliss-reactive ketones (excluding diaryl/α,β-unsaturated/α-hetero) is 1. The van der Waals surface area contributed by atoms with E-state index in [0.29, 0.717) is 35.2 Å². The first-order chi connectivity index (χ1) is 19.3. The third-order valence-corrected chi connectivity index (χ3v) is 8.20. The summed E-state index contributed by atoms with van der Waals surface area (Å²) in [7, 11) is 1.44. The fraction of sp³-hybridized carbons (Fsp3) is 0.438. The quantitative estimate of drug-likeness (QED) is 0.226. The molecule has 1 N–H and O–H groups in total. The molecule has 2 unspecified atom stereocenters. The van der Waals surface area contributed by atoms with E-state index in [9.17, 15) is 9.59 Å². The van der Waals surface area contributed by atoms with Crippen LogP contribution in [0, 0.1) is 11.8 Å². The van der Waals surface area contributed by atoms with Gasteiger partial charge < -0.3 is 14.5 Å². The molecule has 0 spiro atoms. The van der Waals surface area contributed by atoms with E-state index in [0.717, 1.165) is 55.2 Å². The topological polar surface area (TPSA) is 94.2 Å². The summed E-state index contributed by atoms with van der Waals surface area (Å²) in [5, 5.41) is 0.534. The molecule has 0 bridgehead atoms. The predicted molar refractivity (Wildman–Crippen MR) is 157 cm³/mol. The van der Waals surface area contributed by atoms with Crippen LogP contribution < -0.4 is 4.74 Å². The summed E-state index contributed by atoms with van der Waals surface area (Å²) < 4.78 is 11.1. The van der Waals surface area contributed by atoms with E-state index in [1.165, 1.54) is 18.3 Å². The molecule has 2 heterocycles. The smallest absolute Gasteiger partial charge is 0.308 e. The van der Waals surface area contributed by atoms with Crippen LogP contribution in [0.25, 0.3) is 28.0 Å². The number of hydrogen-bond acceptors (Lipinski definition) is 6. The van der Waals surface area contributed by atoms with Gasteiger partial charge in [-0.1, -0.05) is 67.4 Å². The average molecular weight is 562 g/mol. The highest BCUT2D eigenvalue weighted by Gasteiger charge is 2.23. The van der Waals surface area contributed by atoms with Gasteiger partial charge in [-0.25, -0.2) is 4.98 Å². The molecular formula is C32H36ClN3O4. The SMILES string of the molecule is COC(=O)C1CC=C(c2ccc(-c3nc4nc(OC5CCC=C(CC(=O)C(C)C)CC5)[nH]c4cc3Cl)cc2)CC1. The average Bonchev–Trinajstić information content (AvgIpc) is 3.21. The molecule has 210 valence electrons. The molecule has 0 aliphatic heterocycles. The molecule has 1 aromatic carbocycles. The molecule has 2 aliphatic rings. The number of benzene rings is 1. The first kappa shape index (κ1) is 28.1. The number of methoxy groups -OCH3 is 1. The van der Waals surface area contributed by atoms with Gasteiger partial charge in [-0.05, 0) is 62.1 Å². The molecule has 0 fully saturated rings. The highest BCUT2D eigenvalue weighted by molar-refractivity contribution is 6.33. The van der Waals surface area contributed by atoms with Gasteiger partial charge in [0, 0.05) is 17.9 Å². The van der Waals surface area contributed by atoms with Crippen LogP contribution in [-0.2, 0) is 14.3 Å². The Bertz CT molecular complexity index is 1450. The molecule has 2 atom stereocenters. The Labute approximate surface area is 240 Å². The van der Waals surface area contributed by atoms with Crippen LogP contribution in [0.2, 0.25) is 5.02 Å². The van der Waals surface area contributed by atoms with Crippen molar-refractivity contribution >= 4 is 40.1 Å². The van der Waals surface area contributed by atoms with Gasteiger partial charge in [0.05, 0.1) is 29.3 Å². The summed E-state index contributed by atoms with van der Waals surface area (Å²) in [4.78, 5) is 36.6. The van der Waals surface area contributed by atoms with Crippen LogP contribution in [0.1, 0.15) is 70.8 Å². The molecule has 7 nitrogen and oxygen atoms in total. The van der Waals surface area contributed by atoms with Gasteiger partial charge in [-0.2, -0.15) is 4.98 Å². The summed E-state index contributed by atoms with van der Waals surface area (Å²) in [5.74, 6) is 0.160. The number of esters is 1. The maximum atomic E-state index is 12.2. The normalized spacial score (nSPS) is 19.6. The third-order valence-electron chi connectivity index (χ3n) is 7.91. The standard InChI is InChI=1S/C32H36ClN3O4/c1-19(2)28(37)17-20-5-4-6-25(16-7-20)40-32-34-27-18-26(33)29(35-30(27)36-32)23-12-8-21(9-13-23)22-10-14-24(15-11-22)31(38)39-3/h5,8-10,12-13,18-19,24-25H,4,6-7,11,14-17H2,1-3H3,(H,34,35,36). The van der Waals surface area contributed by atoms with E-state index in [1.54, 1.807) is 0 Å². The molecule has 2 aromatic heterocycles. The monoisotopic (exact) mass is 561 g/mol. The number of ether oxygens (including phenoxy) is 2. The molecule has 2 aliphatic carbocycles. The largest absolute Gasteiger partial charge is 0.469 e. The summed E-state index contributed by atoms with van der Waals surface area (Å²) in [5.41, 5.74) is 6.43. The Morgan fingerprint density at radius 3 is 2.52 bits per heavy atom. The Hall–Kier alpha value is -3.45. The van der Waals surface area contributed by atoms with Crippen molar-refractivity contribution in [2.45, 2.75) is 71.3 Å². The summed E-state index contributed by atoms with van der Waals surface area (Å²) in [6.45, 7) is 3.90. The maximum absolute atomic E-state index is 12.2. The van der Waals surface area contributed by atoms with Crippen LogP contribution in [-0.4, -0.2) is 39.9 Å². The number of carbonyl (C=O) groups excluding carboxylic acids is 2. The number of allylic oxidation sites excluding steroid dienone is 4. The second kappa shape index (κ2) is 12.4. The van der Waals surface area contributed by atoms with Crippen LogP contribution in [0.3, 0.4) is 0 Å². The zero-order valence-corrected chi connectivity index (χ0v) is 24.1. The number of carbonyl (C=O) groups is 2. The van der Waals surface area contributed by atoms with Crippen molar-refractivity contribution < 1.29 is 19.1 Å². The minimum atomic E-state index is -0.135. The minimum Gasteiger partial charge on any atom is -0.469 e. The number of fused-ring (bicyclic) bond motifs is 1. The van der Waals surface area contributed by atoms with Crippen LogP contribution in [0.4, 0.5) is 0 Å². The summed E-state index contributed by atoms with van der Waals surface area (Å²) >= 11 is 6.65. The fourth-order valence-electron chi connectivity index (χ4n) is 5.40. The zero-order valence-electron chi connectivity index (χ0n) is 23.3. The van der Waals surface area contributed by atoms with Crippen LogP contribution in [0.15, 0.2) is 48.1 Å². The Balaban J connectivity index is 1.25. The predicted octanol–water partition coefficient (Wildman–Crippen LogP) is 7.50. The van der Waals surface area contributed by atoms with Crippen molar-refractivity contribution in [2.75, 3.05) is 7.11 Å². The van der Waals surface area contributed by atoms with E-state index in [1.807, 2.05) is 32.0 Å². The van der Waals surface area contributed by atoms with Gasteiger partial charge in [0.25, 0.3) is 6.01 Å². The molecule has 3 aromatic rings. The molecule has 8 heteroatoms.